The van der Waals surface area contributed by atoms with E-state index in [-0.39, 0.29) is 0 Å². The number of pyridine rings is 1. The van der Waals surface area contributed by atoms with Crippen molar-refractivity contribution in [3.05, 3.63) is 12.1 Å². The summed E-state index contributed by atoms with van der Waals surface area (Å²) in [5.74, 6) is 2.26. The van der Waals surface area contributed by atoms with Crippen LogP contribution in [0, 0.1) is 5.92 Å². The third-order valence-electron chi connectivity index (χ3n) is 2.68. The summed E-state index contributed by atoms with van der Waals surface area (Å²) in [6.07, 6.45) is 2.66. The number of hydrogen-bond acceptors (Lipinski definition) is 4. The third-order valence-corrected chi connectivity index (χ3v) is 2.68. The van der Waals surface area contributed by atoms with Crippen LogP contribution in [0.25, 0.3) is 0 Å². The molecule has 82 valence electrons. The maximum atomic E-state index is 5.88. The van der Waals surface area contributed by atoms with Crippen LogP contribution in [0.3, 0.4) is 0 Å². The number of hydrogen-bond donors (Lipinski definition) is 1. The molecular formula is C11H17N3O. The molecule has 0 unspecified atom stereocenters. The van der Waals surface area contributed by atoms with Crippen molar-refractivity contribution >= 4 is 11.5 Å². The molecule has 0 aromatic carbocycles. The minimum Gasteiger partial charge on any atom is -0.481 e. The van der Waals surface area contributed by atoms with Crippen molar-refractivity contribution in [1.29, 1.82) is 0 Å². The van der Waals surface area contributed by atoms with Gasteiger partial charge in [-0.25, -0.2) is 0 Å². The van der Waals surface area contributed by atoms with E-state index >= 15 is 0 Å². The molecule has 0 radical (unpaired) electrons. The minimum absolute atomic E-state index is 0.613. The molecule has 4 heteroatoms. The number of methoxy groups -OCH3 is 1. The maximum Gasteiger partial charge on any atom is 0.215 e. The summed E-state index contributed by atoms with van der Waals surface area (Å²) in [6.45, 7) is 1.03. The van der Waals surface area contributed by atoms with Crippen LogP contribution in [0.4, 0.5) is 11.5 Å². The second-order valence-electron chi connectivity index (χ2n) is 4.09. The van der Waals surface area contributed by atoms with Crippen molar-refractivity contribution in [2.45, 2.75) is 12.8 Å². The zero-order chi connectivity index (χ0) is 10.8. The lowest BCUT2D eigenvalue weighted by Gasteiger charge is -2.19. The van der Waals surface area contributed by atoms with Crippen molar-refractivity contribution in [2.75, 3.05) is 31.3 Å². The van der Waals surface area contributed by atoms with Gasteiger partial charge >= 0.3 is 0 Å². The van der Waals surface area contributed by atoms with E-state index in [2.05, 4.69) is 9.88 Å². The Morgan fingerprint density at radius 2 is 2.27 bits per heavy atom. The SMILES string of the molecule is COc1ccc(N)c(N(C)CC2CC2)n1. The van der Waals surface area contributed by atoms with Crippen LogP contribution in [0.5, 0.6) is 5.88 Å². The highest BCUT2D eigenvalue weighted by Gasteiger charge is 2.24. The zero-order valence-corrected chi connectivity index (χ0v) is 9.23. The lowest BCUT2D eigenvalue weighted by Crippen LogP contribution is -2.22. The Kier molecular flexibility index (Phi) is 2.66. The van der Waals surface area contributed by atoms with E-state index in [0.717, 1.165) is 18.3 Å². The molecule has 1 aromatic heterocycles. The van der Waals surface area contributed by atoms with Crippen molar-refractivity contribution in [3.8, 4) is 5.88 Å². The van der Waals surface area contributed by atoms with Gasteiger partial charge in [-0.3, -0.25) is 0 Å². The predicted octanol–water partition coefficient (Wildman–Crippen LogP) is 1.52. The predicted molar refractivity (Wildman–Crippen MR) is 61.2 cm³/mol. The van der Waals surface area contributed by atoms with Gasteiger partial charge in [0.05, 0.1) is 12.8 Å². The summed E-state index contributed by atoms with van der Waals surface area (Å²) in [7, 11) is 3.64. The molecule has 0 atom stereocenters. The molecule has 1 fully saturated rings. The Bertz CT molecular complexity index is 350. The molecule has 4 nitrogen and oxygen atoms in total. The topological polar surface area (TPSA) is 51.4 Å². The summed E-state index contributed by atoms with van der Waals surface area (Å²) in [5.41, 5.74) is 6.59. The van der Waals surface area contributed by atoms with E-state index in [1.54, 1.807) is 13.2 Å². The second kappa shape index (κ2) is 3.96. The molecule has 0 spiro atoms. The first kappa shape index (κ1) is 10.1. The molecule has 2 N–H and O–H groups in total. The van der Waals surface area contributed by atoms with Crippen molar-refractivity contribution in [3.63, 3.8) is 0 Å². The Morgan fingerprint density at radius 3 is 2.87 bits per heavy atom. The van der Waals surface area contributed by atoms with Gasteiger partial charge in [-0.1, -0.05) is 0 Å². The van der Waals surface area contributed by atoms with Gasteiger partial charge < -0.3 is 15.4 Å². The normalized spacial score (nSPS) is 15.1. The van der Waals surface area contributed by atoms with Crippen LogP contribution in [-0.4, -0.2) is 25.7 Å². The molecule has 1 aromatic rings. The Labute approximate surface area is 90.0 Å². The van der Waals surface area contributed by atoms with Crippen molar-refractivity contribution in [2.24, 2.45) is 5.92 Å². The summed E-state index contributed by atoms with van der Waals surface area (Å²) in [4.78, 5) is 6.46. The highest BCUT2D eigenvalue weighted by Crippen LogP contribution is 2.32. The van der Waals surface area contributed by atoms with Gasteiger partial charge in [-0.2, -0.15) is 4.98 Å². The third kappa shape index (κ3) is 2.32. The number of rotatable bonds is 4. The van der Waals surface area contributed by atoms with E-state index in [9.17, 15) is 0 Å². The van der Waals surface area contributed by atoms with Crippen LogP contribution in [0.1, 0.15) is 12.8 Å². The Morgan fingerprint density at radius 1 is 1.53 bits per heavy atom. The fourth-order valence-electron chi connectivity index (χ4n) is 1.64. The molecule has 0 bridgehead atoms. The second-order valence-corrected chi connectivity index (χ2v) is 4.09. The molecule has 1 saturated carbocycles. The van der Waals surface area contributed by atoms with Crippen LogP contribution in [0.2, 0.25) is 0 Å². The quantitative estimate of drug-likeness (QED) is 0.813. The van der Waals surface area contributed by atoms with Gasteiger partial charge in [0.2, 0.25) is 5.88 Å². The lowest BCUT2D eigenvalue weighted by molar-refractivity contribution is 0.398. The molecule has 15 heavy (non-hydrogen) atoms. The van der Waals surface area contributed by atoms with Gasteiger partial charge in [0, 0.05) is 19.7 Å². The highest BCUT2D eigenvalue weighted by atomic mass is 16.5. The number of ether oxygens (including phenoxy) is 1. The lowest BCUT2D eigenvalue weighted by atomic mass is 10.3. The van der Waals surface area contributed by atoms with Crippen molar-refractivity contribution < 1.29 is 4.74 Å². The molecule has 2 rings (SSSR count). The molecule has 0 saturated heterocycles. The van der Waals surface area contributed by atoms with E-state index in [4.69, 9.17) is 10.5 Å². The standard InChI is InChI=1S/C11H17N3O/c1-14(7-8-3-4-8)11-9(12)5-6-10(13-11)15-2/h5-6,8H,3-4,7,12H2,1-2H3. The number of nitrogens with two attached hydrogens (primary N) is 1. The summed E-state index contributed by atoms with van der Waals surface area (Å²) < 4.78 is 5.09. The summed E-state index contributed by atoms with van der Waals surface area (Å²) in [6, 6.07) is 3.62. The first-order valence-corrected chi connectivity index (χ1v) is 5.22. The van der Waals surface area contributed by atoms with Gasteiger partial charge in [0.25, 0.3) is 0 Å². The van der Waals surface area contributed by atoms with Crippen LogP contribution >= 0.6 is 0 Å². The van der Waals surface area contributed by atoms with Crippen LogP contribution in [0.15, 0.2) is 12.1 Å². The highest BCUT2D eigenvalue weighted by molar-refractivity contribution is 5.63. The fraction of sp³-hybridized carbons (Fsp3) is 0.545. The monoisotopic (exact) mass is 207 g/mol. The van der Waals surface area contributed by atoms with Crippen LogP contribution < -0.4 is 15.4 Å². The van der Waals surface area contributed by atoms with Gasteiger partial charge in [0.1, 0.15) is 0 Å². The molecule has 0 aliphatic heterocycles. The molecular weight excluding hydrogens is 190 g/mol. The molecule has 1 aliphatic rings. The zero-order valence-electron chi connectivity index (χ0n) is 9.23. The van der Waals surface area contributed by atoms with E-state index in [0.29, 0.717) is 11.6 Å². The fourth-order valence-corrected chi connectivity index (χ4v) is 1.64. The maximum absolute atomic E-state index is 5.88. The van der Waals surface area contributed by atoms with Gasteiger partial charge in [-0.05, 0) is 24.8 Å². The summed E-state index contributed by atoms with van der Waals surface area (Å²) in [5, 5.41) is 0. The van der Waals surface area contributed by atoms with Crippen molar-refractivity contribution in [1.82, 2.24) is 4.98 Å². The number of aromatic nitrogens is 1. The average molecular weight is 207 g/mol. The van der Waals surface area contributed by atoms with E-state index < -0.39 is 0 Å². The van der Waals surface area contributed by atoms with Gasteiger partial charge in [0.15, 0.2) is 5.82 Å². The Balaban J connectivity index is 2.16. The largest absolute Gasteiger partial charge is 0.481 e. The van der Waals surface area contributed by atoms with Gasteiger partial charge in [-0.15, -0.1) is 0 Å². The molecule has 1 aliphatic carbocycles. The summed E-state index contributed by atoms with van der Waals surface area (Å²) >= 11 is 0. The first-order chi connectivity index (χ1) is 7.20. The molecule has 0 amide bonds. The van der Waals surface area contributed by atoms with Crippen LogP contribution in [-0.2, 0) is 0 Å². The minimum atomic E-state index is 0.613. The Hall–Kier alpha value is -1.45. The smallest absolute Gasteiger partial charge is 0.215 e. The van der Waals surface area contributed by atoms with E-state index in [1.807, 2.05) is 13.1 Å². The molecule has 1 heterocycles. The number of nitrogens with zero attached hydrogens (tertiary/aromatic N) is 2. The average Bonchev–Trinajstić information content (AvgIpc) is 3.02. The first-order valence-electron chi connectivity index (χ1n) is 5.22. The number of nitrogen functional groups attached to an aromatic ring is 1. The van der Waals surface area contributed by atoms with E-state index in [1.165, 1.54) is 12.8 Å². The number of anilines is 2.